The minimum atomic E-state index is -0.484. The van der Waals surface area contributed by atoms with Gasteiger partial charge in [-0.3, -0.25) is 4.79 Å². The van der Waals surface area contributed by atoms with Crippen LogP contribution < -0.4 is 5.32 Å². The lowest BCUT2D eigenvalue weighted by Crippen LogP contribution is -2.44. The summed E-state index contributed by atoms with van der Waals surface area (Å²) in [7, 11) is 0. The molecule has 3 heteroatoms. The van der Waals surface area contributed by atoms with E-state index in [2.05, 4.69) is 19.2 Å². The van der Waals surface area contributed by atoms with Crippen LogP contribution in [0, 0.1) is 5.92 Å². The molecular formula is C11H21NO2. The summed E-state index contributed by atoms with van der Waals surface area (Å²) in [5.74, 6) is 0.749. The number of likely N-dealkylation sites (N-methyl/N-ethyl adjacent to an activating group) is 1. The maximum atomic E-state index is 12.0. The van der Waals surface area contributed by atoms with E-state index in [1.54, 1.807) is 0 Å². The molecule has 0 aromatic rings. The van der Waals surface area contributed by atoms with Crippen molar-refractivity contribution in [2.24, 2.45) is 5.92 Å². The minimum absolute atomic E-state index is 0.0347. The number of carbonyl (C=O) groups is 1. The van der Waals surface area contributed by atoms with E-state index in [4.69, 9.17) is 4.74 Å². The molecule has 1 rings (SSSR count). The van der Waals surface area contributed by atoms with Crippen LogP contribution in [-0.2, 0) is 9.53 Å². The lowest BCUT2D eigenvalue weighted by Gasteiger charge is -2.20. The Morgan fingerprint density at radius 3 is 2.50 bits per heavy atom. The van der Waals surface area contributed by atoms with Gasteiger partial charge in [-0.2, -0.15) is 0 Å². The second kappa shape index (κ2) is 4.41. The molecule has 0 unspecified atom stereocenters. The average Bonchev–Trinajstić information content (AvgIpc) is 2.82. The van der Waals surface area contributed by atoms with Crippen molar-refractivity contribution in [2.45, 2.75) is 45.8 Å². The molecule has 0 saturated carbocycles. The molecule has 14 heavy (non-hydrogen) atoms. The Balaban J connectivity index is 2.53. The highest BCUT2D eigenvalue weighted by Gasteiger charge is 2.49. The zero-order valence-electron chi connectivity index (χ0n) is 9.59. The zero-order valence-corrected chi connectivity index (χ0v) is 9.59. The Kier molecular flexibility index (Phi) is 3.67. The molecule has 82 valence electrons. The number of nitrogens with one attached hydrogen (secondary N) is 1. The predicted octanol–water partition coefficient (Wildman–Crippen LogP) is 1.37. The van der Waals surface area contributed by atoms with Crippen molar-refractivity contribution >= 4 is 5.78 Å². The van der Waals surface area contributed by atoms with Crippen molar-refractivity contribution < 1.29 is 9.53 Å². The van der Waals surface area contributed by atoms with E-state index in [-0.39, 0.29) is 11.8 Å². The van der Waals surface area contributed by atoms with Crippen LogP contribution in [0.2, 0.25) is 0 Å². The predicted molar refractivity (Wildman–Crippen MR) is 56.3 cm³/mol. The van der Waals surface area contributed by atoms with Crippen LogP contribution in [0.4, 0.5) is 0 Å². The molecule has 0 bridgehead atoms. The molecule has 0 spiro atoms. The Labute approximate surface area is 86.2 Å². The molecule has 1 fully saturated rings. The van der Waals surface area contributed by atoms with Gasteiger partial charge in [-0.05, 0) is 25.8 Å². The van der Waals surface area contributed by atoms with Gasteiger partial charge in [0.15, 0.2) is 5.78 Å². The number of hydrogen-bond acceptors (Lipinski definition) is 3. The van der Waals surface area contributed by atoms with Gasteiger partial charge in [-0.15, -0.1) is 0 Å². The fourth-order valence-corrected chi connectivity index (χ4v) is 1.62. The van der Waals surface area contributed by atoms with E-state index in [0.717, 1.165) is 13.0 Å². The number of ether oxygens (including phenoxy) is 1. The first-order valence-corrected chi connectivity index (χ1v) is 5.41. The molecule has 3 nitrogen and oxygen atoms in total. The van der Waals surface area contributed by atoms with Crippen LogP contribution in [0.1, 0.15) is 34.1 Å². The fraction of sp³-hybridized carbons (Fsp3) is 0.909. The summed E-state index contributed by atoms with van der Waals surface area (Å²) in [5.41, 5.74) is -0.484. The smallest absolute Gasteiger partial charge is 0.183 e. The third-order valence-corrected chi connectivity index (χ3v) is 2.57. The molecular weight excluding hydrogens is 178 g/mol. The molecule has 1 heterocycles. The highest BCUT2D eigenvalue weighted by Crippen LogP contribution is 2.29. The number of epoxide rings is 1. The average molecular weight is 199 g/mol. The first kappa shape index (κ1) is 11.7. The van der Waals surface area contributed by atoms with Gasteiger partial charge in [0.1, 0.15) is 5.60 Å². The van der Waals surface area contributed by atoms with E-state index in [9.17, 15) is 4.79 Å². The van der Waals surface area contributed by atoms with E-state index in [0.29, 0.717) is 12.5 Å². The quantitative estimate of drug-likeness (QED) is 0.657. The number of rotatable bonds is 6. The summed E-state index contributed by atoms with van der Waals surface area (Å²) in [6.07, 6.45) is 0.894. The van der Waals surface area contributed by atoms with Gasteiger partial charge in [0.25, 0.3) is 0 Å². The van der Waals surface area contributed by atoms with Crippen LogP contribution in [-0.4, -0.2) is 30.6 Å². The van der Waals surface area contributed by atoms with Crippen molar-refractivity contribution in [3.8, 4) is 0 Å². The summed E-state index contributed by atoms with van der Waals surface area (Å²) in [5, 5.41) is 3.23. The highest BCUT2D eigenvalue weighted by atomic mass is 16.6. The second-order valence-corrected chi connectivity index (χ2v) is 4.62. The lowest BCUT2D eigenvalue weighted by molar-refractivity contribution is -0.126. The number of hydrogen-bond donors (Lipinski definition) is 1. The molecule has 1 N–H and O–H groups in total. The topological polar surface area (TPSA) is 41.6 Å². The van der Waals surface area contributed by atoms with Gasteiger partial charge in [0.2, 0.25) is 0 Å². The van der Waals surface area contributed by atoms with Crippen LogP contribution in [0.5, 0.6) is 0 Å². The van der Waals surface area contributed by atoms with Gasteiger partial charge in [-0.1, -0.05) is 20.8 Å². The van der Waals surface area contributed by atoms with Gasteiger partial charge in [-0.25, -0.2) is 0 Å². The Bertz CT molecular complexity index is 209. The minimum Gasteiger partial charge on any atom is -0.362 e. The van der Waals surface area contributed by atoms with Gasteiger partial charge in [0, 0.05) is 0 Å². The number of carbonyl (C=O) groups excluding carboxylic acids is 1. The fourth-order valence-electron chi connectivity index (χ4n) is 1.62. The van der Waals surface area contributed by atoms with Crippen LogP contribution in [0.3, 0.4) is 0 Å². The van der Waals surface area contributed by atoms with E-state index in [1.165, 1.54) is 0 Å². The first-order chi connectivity index (χ1) is 6.49. The second-order valence-electron chi connectivity index (χ2n) is 4.62. The first-order valence-electron chi connectivity index (χ1n) is 5.41. The summed E-state index contributed by atoms with van der Waals surface area (Å²) in [6, 6.07) is -0.0347. The Morgan fingerprint density at radius 1 is 1.57 bits per heavy atom. The van der Waals surface area contributed by atoms with Gasteiger partial charge in [0.05, 0.1) is 12.6 Å². The van der Waals surface area contributed by atoms with Gasteiger partial charge < -0.3 is 10.1 Å². The largest absolute Gasteiger partial charge is 0.362 e. The van der Waals surface area contributed by atoms with Crippen molar-refractivity contribution in [3.63, 3.8) is 0 Å². The summed E-state index contributed by atoms with van der Waals surface area (Å²) >= 11 is 0. The lowest BCUT2D eigenvalue weighted by atomic mass is 9.93. The zero-order chi connectivity index (χ0) is 10.8. The maximum Gasteiger partial charge on any atom is 0.183 e. The summed E-state index contributed by atoms with van der Waals surface area (Å²) in [4.78, 5) is 12.0. The number of ketones is 1. The van der Waals surface area contributed by atoms with Crippen molar-refractivity contribution in [1.82, 2.24) is 5.32 Å². The van der Waals surface area contributed by atoms with E-state index < -0.39 is 5.60 Å². The Hall–Kier alpha value is -0.410. The molecule has 0 aromatic carbocycles. The third-order valence-electron chi connectivity index (χ3n) is 2.57. The standard InChI is InChI=1S/C11H21NO2/c1-5-12-9(6-8(2)3)10(13)11(4)7-14-11/h8-9,12H,5-7H2,1-4H3/t9-,11+/m0/s1. The maximum absolute atomic E-state index is 12.0. The molecule has 2 atom stereocenters. The normalized spacial score (nSPS) is 27.8. The van der Waals surface area contributed by atoms with Crippen LogP contribution >= 0.6 is 0 Å². The molecule has 0 amide bonds. The molecule has 0 radical (unpaired) electrons. The molecule has 0 aromatic heterocycles. The van der Waals surface area contributed by atoms with Crippen molar-refractivity contribution in [2.75, 3.05) is 13.2 Å². The highest BCUT2D eigenvalue weighted by molar-refractivity contribution is 5.93. The SMILES string of the molecule is CCN[C@@H](CC(C)C)C(=O)[C@@]1(C)CO1. The summed E-state index contributed by atoms with van der Waals surface area (Å²) in [6.45, 7) is 9.59. The Morgan fingerprint density at radius 2 is 2.14 bits per heavy atom. The van der Waals surface area contributed by atoms with Crippen LogP contribution in [0.25, 0.3) is 0 Å². The van der Waals surface area contributed by atoms with Crippen molar-refractivity contribution in [1.29, 1.82) is 0 Å². The molecule has 1 saturated heterocycles. The van der Waals surface area contributed by atoms with E-state index >= 15 is 0 Å². The summed E-state index contributed by atoms with van der Waals surface area (Å²) < 4.78 is 5.18. The number of Topliss-reactive ketones (excluding diaryl/α,β-unsaturated/α-hetero) is 1. The molecule has 0 aliphatic carbocycles. The molecule has 1 aliphatic rings. The third kappa shape index (κ3) is 2.79. The van der Waals surface area contributed by atoms with Gasteiger partial charge >= 0.3 is 0 Å². The van der Waals surface area contributed by atoms with Crippen molar-refractivity contribution in [3.05, 3.63) is 0 Å². The van der Waals surface area contributed by atoms with Crippen LogP contribution in [0.15, 0.2) is 0 Å². The molecule has 1 aliphatic heterocycles. The van der Waals surface area contributed by atoms with E-state index in [1.807, 2.05) is 13.8 Å². The monoisotopic (exact) mass is 199 g/mol.